The van der Waals surface area contributed by atoms with Gasteiger partial charge in [0.15, 0.2) is 5.03 Å². The first-order valence-corrected chi connectivity index (χ1v) is 7.96. The molecule has 1 rings (SSSR count). The van der Waals surface area contributed by atoms with E-state index in [-0.39, 0.29) is 5.03 Å². The van der Waals surface area contributed by atoms with Crippen molar-refractivity contribution in [3.63, 3.8) is 0 Å². The number of nitrogens with zero attached hydrogens (tertiary/aromatic N) is 1. The van der Waals surface area contributed by atoms with Gasteiger partial charge in [-0.25, -0.2) is 18.1 Å². The summed E-state index contributed by atoms with van der Waals surface area (Å²) >= 11 is 1.63. The lowest BCUT2D eigenvalue weighted by atomic mass is 10.5. The Hall–Kier alpha value is -0.790. The zero-order valence-corrected chi connectivity index (χ0v) is 11.4. The van der Waals surface area contributed by atoms with Gasteiger partial charge in [0.2, 0.25) is 0 Å². The topological polar surface area (TPSA) is 74.8 Å². The van der Waals surface area contributed by atoms with Crippen LogP contribution in [-0.4, -0.2) is 36.4 Å². The molecular weight excluding hydrogens is 258 g/mol. The Morgan fingerprint density at radius 1 is 1.65 bits per heavy atom. The maximum Gasteiger partial charge on any atom is 0.257 e. The molecule has 1 aromatic rings. The molecule has 0 aliphatic carbocycles. The summed E-state index contributed by atoms with van der Waals surface area (Å²) in [7, 11) is -3.44. The maximum absolute atomic E-state index is 11.8. The predicted octanol–water partition coefficient (Wildman–Crippen LogP) is 1.17. The van der Waals surface area contributed by atoms with Crippen molar-refractivity contribution in [1.82, 2.24) is 14.7 Å². The third-order valence-electron chi connectivity index (χ3n) is 2.00. The monoisotopic (exact) mass is 275 g/mol. The molecule has 7 heteroatoms. The van der Waals surface area contributed by atoms with Crippen molar-refractivity contribution >= 4 is 21.8 Å². The summed E-state index contributed by atoms with van der Waals surface area (Å²) in [5.41, 5.74) is 0. The van der Waals surface area contributed by atoms with Gasteiger partial charge >= 0.3 is 0 Å². The van der Waals surface area contributed by atoms with Gasteiger partial charge in [-0.05, 0) is 0 Å². The molecule has 0 saturated carbocycles. The van der Waals surface area contributed by atoms with Crippen LogP contribution in [0.5, 0.6) is 0 Å². The van der Waals surface area contributed by atoms with Crippen LogP contribution in [0.4, 0.5) is 0 Å². The number of nitrogens with one attached hydrogen (secondary N) is 2. The average molecular weight is 275 g/mol. The molecule has 0 aliphatic rings. The third-order valence-corrected chi connectivity index (χ3v) is 4.34. The van der Waals surface area contributed by atoms with E-state index in [4.69, 9.17) is 0 Å². The van der Waals surface area contributed by atoms with Gasteiger partial charge in [-0.1, -0.05) is 13.0 Å². The Labute approximate surface area is 106 Å². The first kappa shape index (κ1) is 14.3. The predicted molar refractivity (Wildman–Crippen MR) is 70.7 cm³/mol. The maximum atomic E-state index is 11.8. The van der Waals surface area contributed by atoms with Gasteiger partial charge in [0.05, 0.1) is 6.20 Å². The van der Waals surface area contributed by atoms with Crippen LogP contribution in [0.1, 0.15) is 12.7 Å². The molecule has 96 valence electrons. The molecule has 2 N–H and O–H groups in total. The second kappa shape index (κ2) is 6.83. The highest BCUT2D eigenvalue weighted by molar-refractivity contribution is 7.99. The van der Waals surface area contributed by atoms with Crippen LogP contribution in [0.15, 0.2) is 23.9 Å². The quantitative estimate of drug-likeness (QED) is 0.551. The standard InChI is InChI=1S/C10H17N3O2S2/c1-3-6-16-7-5-12-17(14,15)10-8-11-9(4-2)13-10/h3,8,12H,1,4-7H2,2H3,(H,11,13). The van der Waals surface area contributed by atoms with Gasteiger partial charge in [-0.15, -0.1) is 6.58 Å². The molecule has 0 bridgehead atoms. The molecule has 17 heavy (non-hydrogen) atoms. The SMILES string of the molecule is C=CCSCCNS(=O)(=O)c1cnc(CC)[nH]1. The highest BCUT2D eigenvalue weighted by Crippen LogP contribution is 2.06. The fraction of sp³-hybridized carbons (Fsp3) is 0.500. The van der Waals surface area contributed by atoms with Crippen molar-refractivity contribution in [2.45, 2.75) is 18.4 Å². The minimum atomic E-state index is -3.44. The van der Waals surface area contributed by atoms with E-state index in [1.165, 1.54) is 6.20 Å². The van der Waals surface area contributed by atoms with Crippen LogP contribution in [0.25, 0.3) is 0 Å². The number of aromatic nitrogens is 2. The van der Waals surface area contributed by atoms with E-state index >= 15 is 0 Å². The Morgan fingerprint density at radius 2 is 2.41 bits per heavy atom. The van der Waals surface area contributed by atoms with Crippen molar-refractivity contribution in [3.8, 4) is 0 Å². The number of hydrogen-bond donors (Lipinski definition) is 2. The number of hydrogen-bond acceptors (Lipinski definition) is 4. The lowest BCUT2D eigenvalue weighted by Gasteiger charge is -2.03. The minimum absolute atomic E-state index is 0.128. The van der Waals surface area contributed by atoms with E-state index in [0.29, 0.717) is 18.8 Å². The summed E-state index contributed by atoms with van der Waals surface area (Å²) in [6.07, 6.45) is 3.82. The van der Waals surface area contributed by atoms with Crippen molar-refractivity contribution in [3.05, 3.63) is 24.7 Å². The van der Waals surface area contributed by atoms with E-state index in [9.17, 15) is 8.42 Å². The Bertz CT molecular complexity index is 454. The van der Waals surface area contributed by atoms with E-state index in [1.807, 2.05) is 6.92 Å². The second-order valence-corrected chi connectivity index (χ2v) is 6.19. The minimum Gasteiger partial charge on any atom is -0.332 e. The highest BCUT2D eigenvalue weighted by Gasteiger charge is 2.15. The number of sulfonamides is 1. The van der Waals surface area contributed by atoms with Crippen molar-refractivity contribution < 1.29 is 8.42 Å². The van der Waals surface area contributed by atoms with Gasteiger partial charge in [-0.3, -0.25) is 0 Å². The molecule has 0 atom stereocenters. The zero-order valence-electron chi connectivity index (χ0n) is 9.77. The van der Waals surface area contributed by atoms with E-state index < -0.39 is 10.0 Å². The Kier molecular flexibility index (Phi) is 5.73. The molecule has 1 heterocycles. The Balaban J connectivity index is 2.48. The molecule has 0 fully saturated rings. The van der Waals surface area contributed by atoms with E-state index in [0.717, 1.165) is 11.5 Å². The van der Waals surface area contributed by atoms with Crippen molar-refractivity contribution in [1.29, 1.82) is 0 Å². The second-order valence-electron chi connectivity index (χ2n) is 3.31. The summed E-state index contributed by atoms with van der Waals surface area (Å²) in [4.78, 5) is 6.74. The van der Waals surface area contributed by atoms with Crippen LogP contribution >= 0.6 is 11.8 Å². The van der Waals surface area contributed by atoms with Gasteiger partial charge in [-0.2, -0.15) is 11.8 Å². The first-order chi connectivity index (χ1) is 8.10. The largest absolute Gasteiger partial charge is 0.332 e. The van der Waals surface area contributed by atoms with E-state index in [2.05, 4.69) is 21.3 Å². The normalized spacial score (nSPS) is 11.6. The van der Waals surface area contributed by atoms with Crippen LogP contribution in [-0.2, 0) is 16.4 Å². The van der Waals surface area contributed by atoms with Crippen molar-refractivity contribution in [2.24, 2.45) is 0 Å². The number of imidazole rings is 1. The number of H-pyrrole nitrogens is 1. The molecule has 0 saturated heterocycles. The lowest BCUT2D eigenvalue weighted by molar-refractivity contribution is 0.580. The lowest BCUT2D eigenvalue weighted by Crippen LogP contribution is -2.26. The number of thioether (sulfide) groups is 1. The summed E-state index contributed by atoms with van der Waals surface area (Å²) in [5.74, 6) is 2.22. The van der Waals surface area contributed by atoms with Crippen LogP contribution in [0.2, 0.25) is 0 Å². The molecule has 0 spiro atoms. The fourth-order valence-electron chi connectivity index (χ4n) is 1.15. The summed E-state index contributed by atoms with van der Waals surface area (Å²) in [5, 5.41) is 0.128. The van der Waals surface area contributed by atoms with Gasteiger partial charge in [0, 0.05) is 24.5 Å². The number of aryl methyl sites for hydroxylation is 1. The smallest absolute Gasteiger partial charge is 0.257 e. The van der Waals surface area contributed by atoms with Crippen molar-refractivity contribution in [2.75, 3.05) is 18.1 Å². The third kappa shape index (κ3) is 4.53. The molecular formula is C10H17N3O2S2. The van der Waals surface area contributed by atoms with Crippen LogP contribution < -0.4 is 4.72 Å². The molecule has 5 nitrogen and oxygen atoms in total. The fourth-order valence-corrected chi connectivity index (χ4v) is 2.83. The molecule has 0 aromatic carbocycles. The van der Waals surface area contributed by atoms with Crippen LogP contribution in [0, 0.1) is 0 Å². The van der Waals surface area contributed by atoms with Gasteiger partial charge in [0.25, 0.3) is 10.0 Å². The molecule has 0 radical (unpaired) electrons. The summed E-state index contributed by atoms with van der Waals surface area (Å²) in [6.45, 7) is 5.91. The molecule has 1 aromatic heterocycles. The zero-order chi connectivity index (χ0) is 12.7. The molecule has 0 aliphatic heterocycles. The first-order valence-electron chi connectivity index (χ1n) is 5.32. The summed E-state index contributed by atoms with van der Waals surface area (Å²) in [6, 6.07) is 0. The Morgan fingerprint density at radius 3 is 3.00 bits per heavy atom. The summed E-state index contributed by atoms with van der Waals surface area (Å²) < 4.78 is 26.1. The van der Waals surface area contributed by atoms with Gasteiger partial charge < -0.3 is 4.98 Å². The molecule has 0 amide bonds. The number of rotatable bonds is 8. The van der Waals surface area contributed by atoms with Gasteiger partial charge in [0.1, 0.15) is 5.82 Å². The highest BCUT2D eigenvalue weighted by atomic mass is 32.2. The molecule has 0 unspecified atom stereocenters. The van der Waals surface area contributed by atoms with Crippen LogP contribution in [0.3, 0.4) is 0 Å². The van der Waals surface area contributed by atoms with E-state index in [1.54, 1.807) is 17.8 Å². The number of aromatic amines is 1. The average Bonchev–Trinajstić information content (AvgIpc) is 2.78.